The first-order chi connectivity index (χ1) is 9.99. The second-order valence-corrected chi connectivity index (χ2v) is 5.80. The summed E-state index contributed by atoms with van der Waals surface area (Å²) in [5.41, 5.74) is 2.15. The van der Waals surface area contributed by atoms with Gasteiger partial charge in [0.2, 0.25) is 0 Å². The first-order valence-electron chi connectivity index (χ1n) is 6.92. The Morgan fingerprint density at radius 3 is 2.81 bits per heavy atom. The van der Waals surface area contributed by atoms with E-state index >= 15 is 0 Å². The van der Waals surface area contributed by atoms with E-state index in [2.05, 4.69) is 10.3 Å². The van der Waals surface area contributed by atoms with Crippen molar-refractivity contribution < 1.29 is 9.32 Å². The fraction of sp³-hybridized carbons (Fsp3) is 0.500. The summed E-state index contributed by atoms with van der Waals surface area (Å²) in [4.78, 5) is 14.5. The molecule has 0 N–H and O–H groups in total. The topological polar surface area (TPSA) is 64.2 Å². The van der Waals surface area contributed by atoms with Gasteiger partial charge in [-0.3, -0.25) is 9.48 Å². The van der Waals surface area contributed by atoms with E-state index in [1.54, 1.807) is 17.9 Å². The number of aryl methyl sites for hydroxylation is 3. The van der Waals surface area contributed by atoms with E-state index in [9.17, 15) is 4.79 Å². The Kier molecular flexibility index (Phi) is 3.49. The third-order valence-electron chi connectivity index (χ3n) is 3.92. The summed E-state index contributed by atoms with van der Waals surface area (Å²) < 4.78 is 6.79. The average molecular weight is 309 g/mol. The van der Waals surface area contributed by atoms with E-state index in [1.807, 2.05) is 18.7 Å². The van der Waals surface area contributed by atoms with Gasteiger partial charge in [0.1, 0.15) is 5.76 Å². The Hall–Kier alpha value is -1.82. The van der Waals surface area contributed by atoms with Crippen molar-refractivity contribution in [3.8, 4) is 0 Å². The Morgan fingerprint density at radius 1 is 1.48 bits per heavy atom. The number of hydrogen-bond acceptors (Lipinski definition) is 4. The molecule has 1 atom stereocenters. The maximum atomic E-state index is 12.7. The normalized spacial score (nSPS) is 18.5. The highest BCUT2D eigenvalue weighted by atomic mass is 35.5. The molecule has 1 saturated heterocycles. The van der Waals surface area contributed by atoms with Crippen molar-refractivity contribution in [2.24, 2.45) is 7.05 Å². The number of carbonyl (C=O) groups excluding carboxylic acids is 1. The van der Waals surface area contributed by atoms with Crippen molar-refractivity contribution in [3.63, 3.8) is 0 Å². The van der Waals surface area contributed by atoms with Crippen molar-refractivity contribution in [2.75, 3.05) is 6.54 Å². The van der Waals surface area contributed by atoms with Crippen molar-refractivity contribution in [1.82, 2.24) is 19.8 Å². The van der Waals surface area contributed by atoms with Crippen LogP contribution < -0.4 is 0 Å². The second kappa shape index (κ2) is 5.18. The van der Waals surface area contributed by atoms with Gasteiger partial charge in [-0.2, -0.15) is 5.10 Å². The number of carbonyl (C=O) groups is 1. The van der Waals surface area contributed by atoms with Crippen LogP contribution in [0.25, 0.3) is 0 Å². The summed E-state index contributed by atoms with van der Waals surface area (Å²) in [5.74, 6) is 0.632. The van der Waals surface area contributed by atoms with E-state index < -0.39 is 0 Å². The van der Waals surface area contributed by atoms with Crippen molar-refractivity contribution in [2.45, 2.75) is 32.7 Å². The molecule has 21 heavy (non-hydrogen) atoms. The lowest BCUT2D eigenvalue weighted by molar-refractivity contribution is 0.0728. The minimum atomic E-state index is -0.136. The smallest absolute Gasteiger partial charge is 0.276 e. The van der Waals surface area contributed by atoms with Gasteiger partial charge in [-0.1, -0.05) is 16.8 Å². The molecule has 7 heteroatoms. The van der Waals surface area contributed by atoms with Crippen molar-refractivity contribution in [1.29, 1.82) is 0 Å². The van der Waals surface area contributed by atoms with Crippen LogP contribution in [0.3, 0.4) is 0 Å². The fourth-order valence-electron chi connectivity index (χ4n) is 3.02. The molecule has 1 amide bonds. The SMILES string of the molecule is Cc1noc(C)c1[C@@H]1CCCN1C(=O)c1nn(C)cc1Cl. The Labute approximate surface area is 127 Å². The minimum Gasteiger partial charge on any atom is -0.361 e. The van der Waals surface area contributed by atoms with E-state index in [0.717, 1.165) is 29.9 Å². The third-order valence-corrected chi connectivity index (χ3v) is 4.20. The molecule has 112 valence electrons. The highest BCUT2D eigenvalue weighted by molar-refractivity contribution is 6.33. The summed E-state index contributed by atoms with van der Waals surface area (Å²) in [7, 11) is 1.75. The summed E-state index contributed by atoms with van der Waals surface area (Å²) >= 11 is 6.09. The van der Waals surface area contributed by atoms with E-state index in [1.165, 1.54) is 0 Å². The third kappa shape index (κ3) is 2.33. The lowest BCUT2D eigenvalue weighted by Gasteiger charge is -2.24. The molecule has 1 aliphatic rings. The maximum absolute atomic E-state index is 12.7. The lowest BCUT2D eigenvalue weighted by atomic mass is 10.0. The molecule has 6 nitrogen and oxygen atoms in total. The molecule has 0 aliphatic carbocycles. The quantitative estimate of drug-likeness (QED) is 0.855. The van der Waals surface area contributed by atoms with Crippen molar-refractivity contribution in [3.05, 3.63) is 33.9 Å². The number of amides is 1. The number of aromatic nitrogens is 3. The molecule has 0 radical (unpaired) electrons. The van der Waals surface area contributed by atoms with E-state index in [4.69, 9.17) is 16.1 Å². The molecule has 0 spiro atoms. The van der Waals surface area contributed by atoms with Crippen LogP contribution in [0.5, 0.6) is 0 Å². The summed E-state index contributed by atoms with van der Waals surface area (Å²) in [6, 6.07) is -0.0122. The zero-order chi connectivity index (χ0) is 15.1. The molecule has 0 unspecified atom stereocenters. The largest absolute Gasteiger partial charge is 0.361 e. The first kappa shape index (κ1) is 14.1. The predicted molar refractivity (Wildman–Crippen MR) is 77.2 cm³/mol. The van der Waals surface area contributed by atoms with Gasteiger partial charge in [0.15, 0.2) is 5.69 Å². The van der Waals surface area contributed by atoms with Crippen LogP contribution in [0.4, 0.5) is 0 Å². The van der Waals surface area contributed by atoms with Gasteiger partial charge in [0, 0.05) is 25.4 Å². The molecule has 1 fully saturated rings. The lowest BCUT2D eigenvalue weighted by Crippen LogP contribution is -2.31. The van der Waals surface area contributed by atoms with Crippen LogP contribution >= 0.6 is 11.6 Å². The Balaban J connectivity index is 1.94. The fourth-order valence-corrected chi connectivity index (χ4v) is 3.28. The average Bonchev–Trinajstić information content (AvgIpc) is 3.09. The monoisotopic (exact) mass is 308 g/mol. The van der Waals surface area contributed by atoms with Gasteiger partial charge >= 0.3 is 0 Å². The number of nitrogens with zero attached hydrogens (tertiary/aromatic N) is 4. The second-order valence-electron chi connectivity index (χ2n) is 5.39. The molecular weight excluding hydrogens is 292 g/mol. The minimum absolute atomic E-state index is 0.0122. The van der Waals surface area contributed by atoms with E-state index in [0.29, 0.717) is 17.3 Å². The summed E-state index contributed by atoms with van der Waals surface area (Å²) in [5, 5.41) is 8.54. The number of halogens is 1. The standard InChI is InChI=1S/C14H17ClN4O2/c1-8-12(9(2)21-17-8)11-5-4-6-19(11)14(20)13-10(15)7-18(3)16-13/h7,11H,4-6H2,1-3H3/t11-/m0/s1. The first-order valence-corrected chi connectivity index (χ1v) is 7.29. The molecule has 0 aromatic carbocycles. The Morgan fingerprint density at radius 2 is 2.24 bits per heavy atom. The Bertz CT molecular complexity index is 672. The molecule has 3 rings (SSSR count). The molecule has 1 aliphatic heterocycles. The highest BCUT2D eigenvalue weighted by Crippen LogP contribution is 2.36. The zero-order valence-electron chi connectivity index (χ0n) is 12.3. The van der Waals surface area contributed by atoms with Gasteiger partial charge in [-0.15, -0.1) is 0 Å². The maximum Gasteiger partial charge on any atom is 0.276 e. The number of likely N-dealkylation sites (tertiary alicyclic amines) is 1. The molecule has 3 heterocycles. The van der Waals surface area contributed by atoms with Gasteiger partial charge in [-0.05, 0) is 26.7 Å². The summed E-state index contributed by atoms with van der Waals surface area (Å²) in [6.07, 6.45) is 3.49. The van der Waals surface area contributed by atoms with Gasteiger partial charge in [0.25, 0.3) is 5.91 Å². The van der Waals surface area contributed by atoms with Gasteiger partial charge in [0.05, 0.1) is 16.8 Å². The summed E-state index contributed by atoms with van der Waals surface area (Å²) in [6.45, 7) is 4.48. The molecule has 0 bridgehead atoms. The number of rotatable bonds is 2. The van der Waals surface area contributed by atoms with Gasteiger partial charge < -0.3 is 9.42 Å². The zero-order valence-corrected chi connectivity index (χ0v) is 13.0. The van der Waals surface area contributed by atoms with Crippen LogP contribution in [0.2, 0.25) is 5.02 Å². The van der Waals surface area contributed by atoms with Crippen LogP contribution in [0.15, 0.2) is 10.7 Å². The number of hydrogen-bond donors (Lipinski definition) is 0. The van der Waals surface area contributed by atoms with Gasteiger partial charge in [-0.25, -0.2) is 0 Å². The van der Waals surface area contributed by atoms with Crippen LogP contribution in [-0.4, -0.2) is 32.3 Å². The van der Waals surface area contributed by atoms with Crippen LogP contribution in [-0.2, 0) is 7.05 Å². The molecule has 2 aromatic heterocycles. The van der Waals surface area contributed by atoms with Crippen LogP contribution in [0, 0.1) is 13.8 Å². The highest BCUT2D eigenvalue weighted by Gasteiger charge is 2.35. The molecular formula is C14H17ClN4O2. The van der Waals surface area contributed by atoms with Crippen LogP contribution in [0.1, 0.15) is 46.4 Å². The molecule has 2 aromatic rings. The molecule has 0 saturated carbocycles. The van der Waals surface area contributed by atoms with E-state index in [-0.39, 0.29) is 11.9 Å². The van der Waals surface area contributed by atoms with Crippen molar-refractivity contribution >= 4 is 17.5 Å². The predicted octanol–water partition coefficient (Wildman–Crippen LogP) is 2.66.